The van der Waals surface area contributed by atoms with Crippen molar-refractivity contribution in [2.75, 3.05) is 0 Å². The Balaban J connectivity index is 1.81. The lowest BCUT2D eigenvalue weighted by Crippen LogP contribution is -2.06. The Labute approximate surface area is 158 Å². The van der Waals surface area contributed by atoms with Gasteiger partial charge in [0, 0.05) is 0 Å². The molecule has 0 spiro atoms. The van der Waals surface area contributed by atoms with Crippen LogP contribution in [0.2, 0.25) is 0 Å². The van der Waals surface area contributed by atoms with Crippen LogP contribution in [-0.2, 0) is 26.8 Å². The molecule has 2 N–H and O–H groups in total. The minimum absolute atomic E-state index is 0.0305. The number of aromatic hydroxyl groups is 1. The minimum Gasteiger partial charge on any atom is -0.508 e. The van der Waals surface area contributed by atoms with E-state index in [0.29, 0.717) is 0 Å². The van der Waals surface area contributed by atoms with Gasteiger partial charge in [-0.05, 0) is 28.8 Å². The normalized spacial score (nSPS) is 12.6. The number of phenols is 1. The van der Waals surface area contributed by atoms with Crippen LogP contribution in [0, 0.1) is 0 Å². The average molecular weight is 384 g/mol. The molecule has 140 valence electrons. The molecule has 6 heteroatoms. The van der Waals surface area contributed by atoms with Gasteiger partial charge in [0.25, 0.3) is 0 Å². The fourth-order valence-corrected chi connectivity index (χ4v) is 4.06. The van der Waals surface area contributed by atoms with Crippen LogP contribution < -0.4 is 0 Å². The van der Waals surface area contributed by atoms with Gasteiger partial charge >= 0.3 is 7.60 Å². The maximum Gasteiger partial charge on any atom is 0.364 e. The Morgan fingerprint density at radius 2 is 1.30 bits per heavy atom. The number of aliphatic hydroxyl groups excluding tert-OH is 1. The molecular weight excluding hydrogens is 363 g/mol. The summed E-state index contributed by atoms with van der Waals surface area (Å²) in [5.41, 5.74) is 1.88. The SMILES string of the molecule is O=P(OCc1ccccc1)(OCc1ccccc1)C(O)c1cccc(O)c1. The molecule has 0 heterocycles. The summed E-state index contributed by atoms with van der Waals surface area (Å²) in [5, 5.41) is 20.4. The van der Waals surface area contributed by atoms with Gasteiger partial charge in [-0.25, -0.2) is 0 Å². The second kappa shape index (κ2) is 8.98. The number of benzene rings is 3. The summed E-state index contributed by atoms with van der Waals surface area (Å²) in [4.78, 5) is 0. The third-order valence-corrected chi connectivity index (χ3v) is 5.85. The van der Waals surface area contributed by atoms with E-state index in [9.17, 15) is 14.8 Å². The van der Waals surface area contributed by atoms with Crippen molar-refractivity contribution in [2.45, 2.75) is 19.1 Å². The van der Waals surface area contributed by atoms with Gasteiger partial charge in [-0.3, -0.25) is 4.57 Å². The van der Waals surface area contributed by atoms with Crippen molar-refractivity contribution in [1.29, 1.82) is 0 Å². The van der Waals surface area contributed by atoms with E-state index >= 15 is 0 Å². The van der Waals surface area contributed by atoms with Crippen LogP contribution >= 0.6 is 7.60 Å². The molecule has 3 aromatic carbocycles. The summed E-state index contributed by atoms with van der Waals surface area (Å²) in [5.74, 6) is -1.55. The second-order valence-electron chi connectivity index (χ2n) is 6.03. The van der Waals surface area contributed by atoms with Crippen molar-refractivity contribution in [3.63, 3.8) is 0 Å². The van der Waals surface area contributed by atoms with Gasteiger partial charge < -0.3 is 19.3 Å². The quantitative estimate of drug-likeness (QED) is 0.534. The van der Waals surface area contributed by atoms with Crippen LogP contribution in [-0.4, -0.2) is 10.2 Å². The molecule has 0 amide bonds. The molecule has 27 heavy (non-hydrogen) atoms. The number of hydrogen-bond acceptors (Lipinski definition) is 5. The van der Waals surface area contributed by atoms with Gasteiger partial charge in [0.2, 0.25) is 0 Å². The first-order valence-electron chi connectivity index (χ1n) is 8.50. The highest BCUT2D eigenvalue weighted by Crippen LogP contribution is 2.60. The predicted molar refractivity (Wildman–Crippen MR) is 103 cm³/mol. The molecule has 0 aliphatic carbocycles. The van der Waals surface area contributed by atoms with Gasteiger partial charge in [0.05, 0.1) is 13.2 Å². The molecule has 0 aliphatic heterocycles. The first-order chi connectivity index (χ1) is 13.1. The fourth-order valence-electron chi connectivity index (χ4n) is 2.52. The van der Waals surface area contributed by atoms with Crippen molar-refractivity contribution in [1.82, 2.24) is 0 Å². The molecule has 3 aromatic rings. The monoisotopic (exact) mass is 384 g/mol. The zero-order valence-corrected chi connectivity index (χ0v) is 15.5. The van der Waals surface area contributed by atoms with Crippen molar-refractivity contribution >= 4 is 7.60 Å². The van der Waals surface area contributed by atoms with Crippen LogP contribution in [0.3, 0.4) is 0 Å². The average Bonchev–Trinajstić information content (AvgIpc) is 2.72. The van der Waals surface area contributed by atoms with Crippen molar-refractivity contribution < 1.29 is 23.8 Å². The van der Waals surface area contributed by atoms with Crippen molar-refractivity contribution in [2.24, 2.45) is 0 Å². The van der Waals surface area contributed by atoms with Gasteiger partial charge in [0.1, 0.15) is 5.75 Å². The number of rotatable bonds is 8. The Bertz CT molecular complexity index is 851. The van der Waals surface area contributed by atoms with Crippen LogP contribution in [0.25, 0.3) is 0 Å². The molecule has 0 aromatic heterocycles. The standard InChI is InChI=1S/C21H21O5P/c22-20-13-7-12-19(14-20)21(23)27(24,25-15-17-8-3-1-4-9-17)26-16-18-10-5-2-6-11-18/h1-14,21-23H,15-16H2. The maximum atomic E-state index is 13.4. The van der Waals surface area contributed by atoms with E-state index in [1.807, 2.05) is 60.7 Å². The van der Waals surface area contributed by atoms with Gasteiger partial charge in [-0.15, -0.1) is 0 Å². The second-order valence-corrected chi connectivity index (χ2v) is 8.11. The molecule has 0 saturated carbocycles. The van der Waals surface area contributed by atoms with Crippen molar-refractivity contribution in [3.05, 3.63) is 102 Å². The van der Waals surface area contributed by atoms with E-state index in [4.69, 9.17) is 9.05 Å². The van der Waals surface area contributed by atoms with Crippen molar-refractivity contribution in [3.8, 4) is 5.75 Å². The van der Waals surface area contributed by atoms with Crippen LogP contribution in [0.4, 0.5) is 0 Å². The number of phenolic OH excluding ortho intramolecular Hbond substituents is 1. The molecule has 3 rings (SSSR count). The third kappa shape index (κ3) is 5.28. The summed E-state index contributed by atoms with van der Waals surface area (Å²) < 4.78 is 24.6. The van der Waals surface area contributed by atoms with Crippen LogP contribution in [0.15, 0.2) is 84.9 Å². The first kappa shape index (κ1) is 19.3. The lowest BCUT2D eigenvalue weighted by Gasteiger charge is -2.24. The molecule has 5 nitrogen and oxygen atoms in total. The van der Waals surface area contributed by atoms with Gasteiger partial charge in [-0.2, -0.15) is 0 Å². The predicted octanol–water partition coefficient (Wildman–Crippen LogP) is 5.01. The summed E-state index contributed by atoms with van der Waals surface area (Å²) in [6, 6.07) is 24.4. The molecule has 0 aliphatic rings. The fraction of sp³-hybridized carbons (Fsp3) is 0.143. The lowest BCUT2D eigenvalue weighted by molar-refractivity contribution is 0.133. The van der Waals surface area contributed by atoms with E-state index in [1.165, 1.54) is 12.1 Å². The smallest absolute Gasteiger partial charge is 0.364 e. The topological polar surface area (TPSA) is 76.0 Å². The summed E-state index contributed by atoms with van der Waals surface area (Å²) in [6.07, 6.45) is 0. The highest BCUT2D eigenvalue weighted by Gasteiger charge is 2.36. The van der Waals surface area contributed by atoms with E-state index < -0.39 is 13.4 Å². The summed E-state index contributed by atoms with van der Waals surface area (Å²) in [6.45, 7) is 0.0611. The van der Waals surface area contributed by atoms with Crippen LogP contribution in [0.5, 0.6) is 5.75 Å². The third-order valence-electron chi connectivity index (χ3n) is 3.98. The molecule has 0 fully saturated rings. The molecule has 1 atom stereocenters. The molecule has 0 bridgehead atoms. The molecule has 0 radical (unpaired) electrons. The van der Waals surface area contributed by atoms with Gasteiger partial charge in [-0.1, -0.05) is 72.8 Å². The zero-order chi connectivity index (χ0) is 19.1. The Morgan fingerprint density at radius 1 is 0.778 bits per heavy atom. The van der Waals surface area contributed by atoms with Gasteiger partial charge in [0.15, 0.2) is 5.85 Å². The first-order valence-corrected chi connectivity index (χ1v) is 10.1. The zero-order valence-electron chi connectivity index (χ0n) is 14.6. The minimum atomic E-state index is -3.94. The Kier molecular flexibility index (Phi) is 6.43. The number of hydrogen-bond donors (Lipinski definition) is 2. The highest BCUT2D eigenvalue weighted by atomic mass is 31.2. The lowest BCUT2D eigenvalue weighted by atomic mass is 10.2. The largest absolute Gasteiger partial charge is 0.508 e. The van der Waals surface area contributed by atoms with E-state index in [0.717, 1.165) is 11.1 Å². The summed E-state index contributed by atoms with van der Waals surface area (Å²) in [7, 11) is -3.94. The number of aliphatic hydroxyl groups is 1. The summed E-state index contributed by atoms with van der Waals surface area (Å²) >= 11 is 0. The molecule has 0 saturated heterocycles. The highest BCUT2D eigenvalue weighted by molar-refractivity contribution is 7.54. The Morgan fingerprint density at radius 3 is 1.78 bits per heavy atom. The van der Waals surface area contributed by atoms with E-state index in [1.54, 1.807) is 12.1 Å². The van der Waals surface area contributed by atoms with Crippen LogP contribution in [0.1, 0.15) is 22.5 Å². The molecule has 1 unspecified atom stereocenters. The maximum absolute atomic E-state index is 13.4. The van der Waals surface area contributed by atoms with E-state index in [2.05, 4.69) is 0 Å². The Hall–Kier alpha value is -2.43. The molecular formula is C21H21O5P. The van der Waals surface area contributed by atoms with E-state index in [-0.39, 0.29) is 24.5 Å².